The van der Waals surface area contributed by atoms with E-state index in [1.54, 1.807) is 0 Å². The Hall–Kier alpha value is -0.603. The largest absolute Gasteiger partial charge is 0.412 e. The molecule has 0 atom stereocenters. The maximum atomic E-state index is 6.32. The molecular weight excluding hydrogens is 224 g/mol. The summed E-state index contributed by atoms with van der Waals surface area (Å²) in [5.41, 5.74) is 2.52. The van der Waals surface area contributed by atoms with Crippen LogP contribution in [-0.2, 0) is 4.43 Å². The van der Waals surface area contributed by atoms with Gasteiger partial charge in [0.2, 0.25) is 8.32 Å². The van der Waals surface area contributed by atoms with E-state index in [0.717, 1.165) is 6.61 Å². The van der Waals surface area contributed by atoms with Crippen LogP contribution in [0, 0.1) is 6.92 Å². The lowest BCUT2D eigenvalue weighted by Crippen LogP contribution is -2.55. The van der Waals surface area contributed by atoms with E-state index in [1.807, 2.05) is 0 Å². The van der Waals surface area contributed by atoms with Gasteiger partial charge in [0.15, 0.2) is 0 Å². The van der Waals surface area contributed by atoms with Crippen LogP contribution in [0.1, 0.15) is 40.2 Å². The lowest BCUT2D eigenvalue weighted by molar-refractivity contribution is 0.315. The van der Waals surface area contributed by atoms with Gasteiger partial charge in [0.1, 0.15) is 0 Å². The van der Waals surface area contributed by atoms with Crippen LogP contribution in [0.2, 0.25) is 11.1 Å². The molecule has 96 valence electrons. The maximum absolute atomic E-state index is 6.32. The number of rotatable bonds is 5. The molecule has 0 aliphatic rings. The summed E-state index contributed by atoms with van der Waals surface area (Å²) in [4.78, 5) is 0. The molecule has 0 bridgehead atoms. The zero-order chi connectivity index (χ0) is 13.1. The van der Waals surface area contributed by atoms with E-state index in [0.29, 0.717) is 11.1 Å². The molecule has 2 heteroatoms. The van der Waals surface area contributed by atoms with Crippen LogP contribution >= 0.6 is 0 Å². The van der Waals surface area contributed by atoms with Crippen LogP contribution in [0.4, 0.5) is 0 Å². The molecule has 0 spiro atoms. The number of hydrogen-bond acceptors (Lipinski definition) is 1. The van der Waals surface area contributed by atoms with Crippen molar-refractivity contribution in [2.24, 2.45) is 0 Å². The Balaban J connectivity index is 3.25. The van der Waals surface area contributed by atoms with Crippen molar-refractivity contribution in [3.63, 3.8) is 0 Å². The fourth-order valence-electron chi connectivity index (χ4n) is 2.80. The van der Waals surface area contributed by atoms with Crippen molar-refractivity contribution in [3.8, 4) is 0 Å². The number of aryl methyl sites for hydroxylation is 1. The van der Waals surface area contributed by atoms with Gasteiger partial charge in [0.25, 0.3) is 0 Å². The molecule has 0 aliphatic carbocycles. The zero-order valence-corrected chi connectivity index (χ0v) is 13.1. The summed E-state index contributed by atoms with van der Waals surface area (Å²) >= 11 is 0. The average Bonchev–Trinajstić information content (AvgIpc) is 2.26. The molecule has 0 heterocycles. The minimum absolute atomic E-state index is 0.602. The summed E-state index contributed by atoms with van der Waals surface area (Å²) in [6.07, 6.45) is 0. The first-order valence-corrected chi connectivity index (χ1v) is 8.72. The first kappa shape index (κ1) is 14.5. The average molecular weight is 250 g/mol. The summed E-state index contributed by atoms with van der Waals surface area (Å²) in [6.45, 7) is 14.3. The number of hydrogen-bond donors (Lipinski definition) is 0. The monoisotopic (exact) mass is 250 g/mol. The molecule has 1 aromatic rings. The molecule has 0 fully saturated rings. The van der Waals surface area contributed by atoms with Gasteiger partial charge >= 0.3 is 0 Å². The molecule has 0 N–H and O–H groups in total. The molecular formula is C15H26OSi. The van der Waals surface area contributed by atoms with E-state index in [-0.39, 0.29) is 0 Å². The molecule has 17 heavy (non-hydrogen) atoms. The van der Waals surface area contributed by atoms with E-state index in [4.69, 9.17) is 4.43 Å². The van der Waals surface area contributed by atoms with Crippen molar-refractivity contribution < 1.29 is 4.43 Å². The Kier molecular flexibility index (Phi) is 4.96. The smallest absolute Gasteiger partial charge is 0.229 e. The second-order valence-electron chi connectivity index (χ2n) is 5.40. The van der Waals surface area contributed by atoms with Gasteiger partial charge in [-0.3, -0.25) is 0 Å². The van der Waals surface area contributed by atoms with Crippen LogP contribution in [0.3, 0.4) is 0 Å². The minimum atomic E-state index is -1.85. The van der Waals surface area contributed by atoms with Gasteiger partial charge < -0.3 is 4.43 Å². The van der Waals surface area contributed by atoms with E-state index >= 15 is 0 Å². The third-order valence-corrected chi connectivity index (χ3v) is 9.03. The Morgan fingerprint density at radius 1 is 1.00 bits per heavy atom. The molecule has 0 unspecified atom stereocenters. The zero-order valence-electron chi connectivity index (χ0n) is 12.1. The van der Waals surface area contributed by atoms with E-state index < -0.39 is 8.32 Å². The van der Waals surface area contributed by atoms with Gasteiger partial charge in [-0.1, -0.05) is 57.5 Å². The van der Waals surface area contributed by atoms with Crippen LogP contribution < -0.4 is 5.19 Å². The third-order valence-electron chi connectivity index (χ3n) is 3.60. The topological polar surface area (TPSA) is 9.23 Å². The molecule has 1 aromatic carbocycles. The Bertz CT molecular complexity index is 332. The summed E-state index contributed by atoms with van der Waals surface area (Å²) < 4.78 is 6.32. The summed E-state index contributed by atoms with van der Waals surface area (Å²) in [5, 5.41) is 1.44. The van der Waals surface area contributed by atoms with Gasteiger partial charge in [0, 0.05) is 6.61 Å². The quantitative estimate of drug-likeness (QED) is 0.718. The molecule has 0 saturated carbocycles. The predicted molar refractivity (Wildman–Crippen MR) is 78.4 cm³/mol. The second kappa shape index (κ2) is 5.83. The van der Waals surface area contributed by atoms with Crippen LogP contribution in [0.5, 0.6) is 0 Å². The van der Waals surface area contributed by atoms with Crippen molar-refractivity contribution in [1.82, 2.24) is 0 Å². The summed E-state index contributed by atoms with van der Waals surface area (Å²) in [6, 6.07) is 8.97. The molecule has 0 radical (unpaired) electrons. The molecule has 0 aliphatic heterocycles. The van der Waals surface area contributed by atoms with Crippen molar-refractivity contribution in [2.75, 3.05) is 6.61 Å². The SMILES string of the molecule is CCO[Si](c1ccc(C)cc1)(C(C)C)C(C)C. The predicted octanol–water partition coefficient (Wildman–Crippen LogP) is 4.00. The van der Waals surface area contributed by atoms with Crippen LogP contribution in [0.15, 0.2) is 24.3 Å². The van der Waals surface area contributed by atoms with Crippen molar-refractivity contribution >= 4 is 13.5 Å². The van der Waals surface area contributed by atoms with Crippen LogP contribution in [0.25, 0.3) is 0 Å². The third kappa shape index (κ3) is 2.80. The Morgan fingerprint density at radius 3 is 1.82 bits per heavy atom. The molecule has 0 saturated heterocycles. The summed E-state index contributed by atoms with van der Waals surface area (Å²) in [7, 11) is -1.85. The Morgan fingerprint density at radius 2 is 1.47 bits per heavy atom. The second-order valence-corrected chi connectivity index (χ2v) is 10.2. The van der Waals surface area contributed by atoms with E-state index in [9.17, 15) is 0 Å². The standard InChI is InChI=1S/C15H26OSi/c1-7-16-17(12(2)3,13(4)5)15-10-8-14(6)9-11-15/h8-13H,7H2,1-6H3. The van der Waals surface area contributed by atoms with Crippen molar-refractivity contribution in [3.05, 3.63) is 29.8 Å². The maximum Gasteiger partial charge on any atom is 0.229 e. The minimum Gasteiger partial charge on any atom is -0.412 e. The highest BCUT2D eigenvalue weighted by Gasteiger charge is 2.43. The van der Waals surface area contributed by atoms with Gasteiger partial charge in [0.05, 0.1) is 0 Å². The first-order valence-electron chi connectivity index (χ1n) is 6.66. The lowest BCUT2D eigenvalue weighted by Gasteiger charge is -2.38. The Labute approximate surface area is 107 Å². The highest BCUT2D eigenvalue weighted by molar-refractivity contribution is 6.88. The van der Waals surface area contributed by atoms with Gasteiger partial charge in [-0.05, 0) is 30.1 Å². The fraction of sp³-hybridized carbons (Fsp3) is 0.600. The van der Waals surface area contributed by atoms with Crippen molar-refractivity contribution in [2.45, 2.75) is 52.6 Å². The van der Waals surface area contributed by atoms with Crippen molar-refractivity contribution in [1.29, 1.82) is 0 Å². The molecule has 0 amide bonds. The summed E-state index contributed by atoms with van der Waals surface area (Å²) in [5.74, 6) is 0. The van der Waals surface area contributed by atoms with Crippen LogP contribution in [-0.4, -0.2) is 14.9 Å². The first-order chi connectivity index (χ1) is 7.95. The molecule has 1 nitrogen and oxygen atoms in total. The van der Waals surface area contributed by atoms with Gasteiger partial charge in [-0.25, -0.2) is 0 Å². The van der Waals surface area contributed by atoms with Gasteiger partial charge in [-0.2, -0.15) is 0 Å². The normalized spacial score (nSPS) is 12.5. The van der Waals surface area contributed by atoms with E-state index in [1.165, 1.54) is 10.8 Å². The van der Waals surface area contributed by atoms with Gasteiger partial charge in [-0.15, -0.1) is 0 Å². The highest BCUT2D eigenvalue weighted by Crippen LogP contribution is 2.33. The lowest BCUT2D eigenvalue weighted by atomic mass is 10.2. The number of benzene rings is 1. The van der Waals surface area contributed by atoms with E-state index in [2.05, 4.69) is 65.8 Å². The molecule has 0 aromatic heterocycles. The molecule has 1 rings (SSSR count). The fourth-order valence-corrected chi connectivity index (χ4v) is 7.47. The highest BCUT2D eigenvalue weighted by atomic mass is 28.4.